The van der Waals surface area contributed by atoms with Crippen LogP contribution in [0.5, 0.6) is 0 Å². The number of anilines is 1. The molecule has 1 rings (SSSR count). The predicted molar refractivity (Wildman–Crippen MR) is 57.8 cm³/mol. The molecule has 5 nitrogen and oxygen atoms in total. The third kappa shape index (κ3) is 3.10. The van der Waals surface area contributed by atoms with Crippen molar-refractivity contribution in [1.29, 1.82) is 0 Å². The lowest BCUT2D eigenvalue weighted by atomic mass is 10.2. The number of aliphatic hydroxyl groups excluding tert-OH is 1. The summed E-state index contributed by atoms with van der Waals surface area (Å²) in [6, 6.07) is 0.769. The quantitative estimate of drug-likeness (QED) is 0.616. The van der Waals surface area contributed by atoms with Gasteiger partial charge in [0.2, 0.25) is 0 Å². The second-order valence-corrected chi connectivity index (χ2v) is 3.47. The fraction of sp³-hybridized carbons (Fsp3) is 0.400. The number of nitrogens with one attached hydrogen (secondary N) is 1. The van der Waals surface area contributed by atoms with E-state index >= 15 is 0 Å². The molecule has 0 spiro atoms. The van der Waals surface area contributed by atoms with Crippen molar-refractivity contribution in [2.75, 3.05) is 11.9 Å². The number of hydrogen-bond acceptors (Lipinski definition) is 4. The molecule has 0 radical (unpaired) electrons. The van der Waals surface area contributed by atoms with Crippen LogP contribution in [0.1, 0.15) is 13.3 Å². The van der Waals surface area contributed by atoms with E-state index in [1.54, 1.807) is 6.92 Å². The lowest BCUT2D eigenvalue weighted by molar-refractivity contribution is -0.385. The minimum atomic E-state index is -1.05. The number of benzene rings is 1. The van der Waals surface area contributed by atoms with Gasteiger partial charge < -0.3 is 10.4 Å². The monoisotopic (exact) mass is 246 g/mol. The average molecular weight is 246 g/mol. The topological polar surface area (TPSA) is 75.4 Å². The molecule has 7 heteroatoms. The van der Waals surface area contributed by atoms with E-state index in [4.69, 9.17) is 5.11 Å². The number of nitro groups is 1. The van der Waals surface area contributed by atoms with E-state index < -0.39 is 34.0 Å². The summed E-state index contributed by atoms with van der Waals surface area (Å²) in [5, 5.41) is 21.7. The van der Waals surface area contributed by atoms with E-state index in [1.807, 2.05) is 0 Å². The summed E-state index contributed by atoms with van der Waals surface area (Å²) >= 11 is 0. The van der Waals surface area contributed by atoms with Crippen LogP contribution >= 0.6 is 0 Å². The molecule has 0 unspecified atom stereocenters. The first-order valence-corrected chi connectivity index (χ1v) is 5.00. The zero-order chi connectivity index (χ0) is 13.0. The highest BCUT2D eigenvalue weighted by molar-refractivity contribution is 5.52. The van der Waals surface area contributed by atoms with Crippen molar-refractivity contribution in [3.63, 3.8) is 0 Å². The highest BCUT2D eigenvalue weighted by Gasteiger charge is 2.18. The Morgan fingerprint density at radius 1 is 1.47 bits per heavy atom. The van der Waals surface area contributed by atoms with Crippen molar-refractivity contribution in [3.05, 3.63) is 33.9 Å². The number of hydrogen-bond donors (Lipinski definition) is 2. The smallest absolute Gasteiger partial charge is 0.275 e. The Bertz CT molecular complexity index is 399. The molecule has 0 amide bonds. The van der Waals surface area contributed by atoms with Crippen molar-refractivity contribution >= 4 is 11.4 Å². The molecule has 0 bridgehead atoms. The van der Waals surface area contributed by atoms with Gasteiger partial charge in [-0.1, -0.05) is 6.92 Å². The van der Waals surface area contributed by atoms with Gasteiger partial charge in [-0.25, -0.2) is 8.78 Å². The highest BCUT2D eigenvalue weighted by atomic mass is 19.1. The summed E-state index contributed by atoms with van der Waals surface area (Å²) in [7, 11) is 0. The van der Waals surface area contributed by atoms with E-state index in [-0.39, 0.29) is 6.61 Å². The summed E-state index contributed by atoms with van der Waals surface area (Å²) in [5.74, 6) is -2.10. The van der Waals surface area contributed by atoms with Crippen molar-refractivity contribution in [1.82, 2.24) is 0 Å². The van der Waals surface area contributed by atoms with Crippen LogP contribution in [0, 0.1) is 21.7 Å². The molecule has 0 aliphatic rings. The summed E-state index contributed by atoms with van der Waals surface area (Å²) < 4.78 is 26.8. The Morgan fingerprint density at radius 3 is 2.35 bits per heavy atom. The standard InChI is InChI=1S/C10H12F2N2O3/c1-2-6(5-15)13-10-8(11)3-7(14(16)17)4-9(10)12/h3-4,6,13,15H,2,5H2,1H3/t6-/m0/s1. The molecular weight excluding hydrogens is 234 g/mol. The lowest BCUT2D eigenvalue weighted by Crippen LogP contribution is -2.24. The van der Waals surface area contributed by atoms with Gasteiger partial charge in [-0.3, -0.25) is 10.1 Å². The zero-order valence-electron chi connectivity index (χ0n) is 9.11. The Balaban J connectivity index is 3.05. The molecule has 1 aromatic carbocycles. The van der Waals surface area contributed by atoms with Gasteiger partial charge in [0.25, 0.3) is 5.69 Å². The van der Waals surface area contributed by atoms with Gasteiger partial charge in [-0.05, 0) is 6.42 Å². The third-order valence-corrected chi connectivity index (χ3v) is 2.30. The number of rotatable bonds is 5. The minimum Gasteiger partial charge on any atom is -0.394 e. The van der Waals surface area contributed by atoms with E-state index in [9.17, 15) is 18.9 Å². The molecule has 94 valence electrons. The molecule has 0 heterocycles. The minimum absolute atomic E-state index is 0.285. The van der Waals surface area contributed by atoms with Crippen LogP contribution in [0.15, 0.2) is 12.1 Å². The molecule has 0 aromatic heterocycles. The Hall–Kier alpha value is -1.76. The molecule has 0 saturated carbocycles. The second kappa shape index (κ2) is 5.53. The number of halogens is 2. The molecule has 1 aromatic rings. The Kier molecular flexibility index (Phi) is 4.33. The van der Waals surface area contributed by atoms with E-state index in [2.05, 4.69) is 5.32 Å². The molecule has 0 aliphatic heterocycles. The fourth-order valence-electron chi connectivity index (χ4n) is 1.28. The number of nitrogens with zero attached hydrogens (tertiary/aromatic N) is 1. The number of non-ortho nitro benzene ring substituents is 1. The Labute approximate surface area is 96.2 Å². The lowest BCUT2D eigenvalue weighted by Gasteiger charge is -2.16. The van der Waals surface area contributed by atoms with Crippen LogP contribution in [0.25, 0.3) is 0 Å². The molecular formula is C10H12F2N2O3. The van der Waals surface area contributed by atoms with E-state index in [0.717, 1.165) is 0 Å². The van der Waals surface area contributed by atoms with Crippen molar-refractivity contribution < 1.29 is 18.8 Å². The molecule has 0 fully saturated rings. The third-order valence-electron chi connectivity index (χ3n) is 2.30. The first kappa shape index (κ1) is 13.3. The van der Waals surface area contributed by atoms with Gasteiger partial charge in [-0.2, -0.15) is 0 Å². The molecule has 17 heavy (non-hydrogen) atoms. The molecule has 1 atom stereocenters. The van der Waals surface area contributed by atoms with Gasteiger partial charge in [0.15, 0.2) is 11.6 Å². The van der Waals surface area contributed by atoms with Crippen LogP contribution < -0.4 is 5.32 Å². The number of nitro benzene ring substituents is 1. The fourth-order valence-corrected chi connectivity index (χ4v) is 1.28. The maximum absolute atomic E-state index is 13.4. The van der Waals surface area contributed by atoms with Crippen LogP contribution in [-0.2, 0) is 0 Å². The number of aliphatic hydroxyl groups is 1. The van der Waals surface area contributed by atoms with Gasteiger partial charge in [0.1, 0.15) is 5.69 Å². The SMILES string of the molecule is CC[C@@H](CO)Nc1c(F)cc([N+](=O)[O-])cc1F. The maximum Gasteiger partial charge on any atom is 0.275 e. The molecule has 0 aliphatic carbocycles. The molecule has 0 saturated heterocycles. The van der Waals surface area contributed by atoms with Crippen molar-refractivity contribution in [2.24, 2.45) is 0 Å². The average Bonchev–Trinajstić information content (AvgIpc) is 2.28. The summed E-state index contributed by atoms with van der Waals surface area (Å²) in [6.07, 6.45) is 0.465. The van der Waals surface area contributed by atoms with Crippen LogP contribution in [0.2, 0.25) is 0 Å². The zero-order valence-corrected chi connectivity index (χ0v) is 9.11. The van der Waals surface area contributed by atoms with Crippen LogP contribution in [0.4, 0.5) is 20.2 Å². The van der Waals surface area contributed by atoms with Gasteiger partial charge in [-0.15, -0.1) is 0 Å². The summed E-state index contributed by atoms with van der Waals surface area (Å²) in [6.45, 7) is 1.45. The maximum atomic E-state index is 13.4. The normalized spacial score (nSPS) is 12.2. The largest absolute Gasteiger partial charge is 0.394 e. The van der Waals surface area contributed by atoms with E-state index in [0.29, 0.717) is 18.6 Å². The van der Waals surface area contributed by atoms with Gasteiger partial charge in [0, 0.05) is 6.04 Å². The van der Waals surface area contributed by atoms with Crippen LogP contribution in [0.3, 0.4) is 0 Å². The molecule has 2 N–H and O–H groups in total. The second-order valence-electron chi connectivity index (χ2n) is 3.47. The van der Waals surface area contributed by atoms with Crippen molar-refractivity contribution in [2.45, 2.75) is 19.4 Å². The van der Waals surface area contributed by atoms with E-state index in [1.165, 1.54) is 0 Å². The first-order valence-electron chi connectivity index (χ1n) is 5.00. The summed E-state index contributed by atoms with van der Waals surface area (Å²) in [4.78, 5) is 9.49. The van der Waals surface area contributed by atoms with Gasteiger partial charge in [0.05, 0.1) is 23.7 Å². The van der Waals surface area contributed by atoms with Crippen molar-refractivity contribution in [3.8, 4) is 0 Å². The van der Waals surface area contributed by atoms with Gasteiger partial charge >= 0.3 is 0 Å². The highest BCUT2D eigenvalue weighted by Crippen LogP contribution is 2.25. The Morgan fingerprint density at radius 2 is 2.00 bits per heavy atom. The summed E-state index contributed by atoms with van der Waals surface area (Å²) in [5.41, 5.74) is -1.11. The first-order chi connectivity index (χ1) is 7.99. The van der Waals surface area contributed by atoms with Crippen LogP contribution in [-0.4, -0.2) is 22.7 Å². The predicted octanol–water partition coefficient (Wildman–Crippen LogP) is 2.06.